The molecule has 6 heteroatoms. The summed E-state index contributed by atoms with van der Waals surface area (Å²) < 4.78 is 0.964. The number of carbonyl (C=O) groups excluding carboxylic acids is 1. The van der Waals surface area contributed by atoms with E-state index in [4.69, 9.17) is 4.98 Å². The van der Waals surface area contributed by atoms with Gasteiger partial charge in [-0.05, 0) is 53.6 Å². The molecular weight excluding hydrogens is 466 g/mol. The molecule has 2 N–H and O–H groups in total. The van der Waals surface area contributed by atoms with Gasteiger partial charge in [-0.2, -0.15) is 0 Å². The molecule has 1 amide bonds. The number of hydrogen-bond donors (Lipinski definition) is 2. The van der Waals surface area contributed by atoms with Crippen molar-refractivity contribution in [1.82, 2.24) is 9.97 Å². The van der Waals surface area contributed by atoms with Gasteiger partial charge in [0, 0.05) is 10.0 Å². The summed E-state index contributed by atoms with van der Waals surface area (Å²) in [7, 11) is 0. The van der Waals surface area contributed by atoms with Gasteiger partial charge in [-0.1, -0.05) is 64.5 Å². The first-order valence-corrected chi connectivity index (χ1v) is 10.8. The number of carbonyl (C=O) groups is 1. The maximum atomic E-state index is 12.6. The second-order valence-electron chi connectivity index (χ2n) is 7.13. The standard InChI is InChI=1S/C26H20BrN3O2/c27-21-11-6-19(7-12-21)16-25(32)30-26-23(15-8-18-4-2-1-3-5-18)29-24(17-28-26)20-9-13-22(31)14-10-20/h1-15,17,31H,16H2,(H,28,30,32). The SMILES string of the molecule is O=C(Cc1ccc(Br)cc1)Nc1ncc(-c2ccc(O)cc2)nc1C=Cc1ccccc1. The highest BCUT2D eigenvalue weighted by molar-refractivity contribution is 9.10. The topological polar surface area (TPSA) is 75.1 Å². The van der Waals surface area contributed by atoms with Crippen molar-refractivity contribution >= 4 is 39.8 Å². The predicted molar refractivity (Wildman–Crippen MR) is 131 cm³/mol. The van der Waals surface area contributed by atoms with Gasteiger partial charge in [0.1, 0.15) is 11.4 Å². The van der Waals surface area contributed by atoms with E-state index in [9.17, 15) is 9.90 Å². The molecule has 0 unspecified atom stereocenters. The molecule has 0 bridgehead atoms. The zero-order chi connectivity index (χ0) is 22.3. The maximum Gasteiger partial charge on any atom is 0.230 e. The minimum Gasteiger partial charge on any atom is -0.508 e. The Balaban J connectivity index is 1.62. The molecule has 32 heavy (non-hydrogen) atoms. The average molecular weight is 486 g/mol. The number of phenols is 1. The summed E-state index contributed by atoms with van der Waals surface area (Å²) in [5.74, 6) is 0.401. The third-order valence-corrected chi connectivity index (χ3v) is 5.26. The summed E-state index contributed by atoms with van der Waals surface area (Å²) in [4.78, 5) is 21.8. The van der Waals surface area contributed by atoms with Gasteiger partial charge in [0.2, 0.25) is 5.91 Å². The van der Waals surface area contributed by atoms with E-state index in [1.807, 2.05) is 66.7 Å². The Morgan fingerprint density at radius 2 is 1.66 bits per heavy atom. The Kier molecular flexibility index (Phi) is 6.72. The van der Waals surface area contributed by atoms with Crippen molar-refractivity contribution in [3.8, 4) is 17.0 Å². The number of halogens is 1. The molecule has 5 nitrogen and oxygen atoms in total. The molecule has 1 aromatic heterocycles. The number of amides is 1. The van der Waals surface area contributed by atoms with E-state index < -0.39 is 0 Å². The molecule has 0 aliphatic heterocycles. The van der Waals surface area contributed by atoms with Crippen molar-refractivity contribution in [3.05, 3.63) is 106 Å². The van der Waals surface area contributed by atoms with Crippen LogP contribution >= 0.6 is 15.9 Å². The smallest absolute Gasteiger partial charge is 0.230 e. The molecule has 0 radical (unpaired) electrons. The minimum atomic E-state index is -0.173. The van der Waals surface area contributed by atoms with E-state index in [0.29, 0.717) is 17.2 Å². The van der Waals surface area contributed by atoms with Gasteiger partial charge in [-0.15, -0.1) is 0 Å². The molecular formula is C26H20BrN3O2. The molecule has 0 saturated carbocycles. The number of hydrogen-bond acceptors (Lipinski definition) is 4. The van der Waals surface area contributed by atoms with Gasteiger partial charge in [-0.3, -0.25) is 4.79 Å². The molecule has 1 heterocycles. The fourth-order valence-electron chi connectivity index (χ4n) is 3.09. The van der Waals surface area contributed by atoms with Crippen molar-refractivity contribution in [2.75, 3.05) is 5.32 Å². The number of benzene rings is 3. The van der Waals surface area contributed by atoms with Crippen molar-refractivity contribution < 1.29 is 9.90 Å². The van der Waals surface area contributed by atoms with Crippen molar-refractivity contribution in [3.63, 3.8) is 0 Å². The third kappa shape index (κ3) is 5.68. The normalized spacial score (nSPS) is 10.9. The second-order valence-corrected chi connectivity index (χ2v) is 8.05. The van der Waals surface area contributed by atoms with E-state index in [1.165, 1.54) is 0 Å². The number of anilines is 1. The first-order chi connectivity index (χ1) is 15.6. The quantitative estimate of drug-likeness (QED) is 0.353. The molecule has 158 valence electrons. The third-order valence-electron chi connectivity index (χ3n) is 4.73. The van der Waals surface area contributed by atoms with E-state index in [2.05, 4.69) is 26.2 Å². The van der Waals surface area contributed by atoms with Crippen LogP contribution in [0.15, 0.2) is 89.5 Å². The number of aromatic hydroxyl groups is 1. The highest BCUT2D eigenvalue weighted by Gasteiger charge is 2.11. The first kappa shape index (κ1) is 21.5. The molecule has 0 spiro atoms. The predicted octanol–water partition coefficient (Wildman–Crippen LogP) is 5.96. The summed E-state index contributed by atoms with van der Waals surface area (Å²) in [6.07, 6.45) is 5.61. The Morgan fingerprint density at radius 3 is 2.38 bits per heavy atom. The zero-order valence-corrected chi connectivity index (χ0v) is 18.7. The van der Waals surface area contributed by atoms with Gasteiger partial charge < -0.3 is 10.4 Å². The van der Waals surface area contributed by atoms with E-state index in [1.54, 1.807) is 30.5 Å². The lowest BCUT2D eigenvalue weighted by molar-refractivity contribution is -0.115. The highest BCUT2D eigenvalue weighted by atomic mass is 79.9. The van der Waals surface area contributed by atoms with Gasteiger partial charge in [-0.25, -0.2) is 9.97 Å². The maximum absolute atomic E-state index is 12.6. The van der Waals surface area contributed by atoms with Crippen LogP contribution in [0.1, 0.15) is 16.8 Å². The number of rotatable bonds is 6. The monoisotopic (exact) mass is 485 g/mol. The van der Waals surface area contributed by atoms with Gasteiger partial charge in [0.25, 0.3) is 0 Å². The Hall–Kier alpha value is -3.77. The number of nitrogens with one attached hydrogen (secondary N) is 1. The summed E-state index contributed by atoms with van der Waals surface area (Å²) in [6, 6.07) is 24.2. The van der Waals surface area contributed by atoms with Crippen LogP contribution < -0.4 is 5.32 Å². The Morgan fingerprint density at radius 1 is 0.938 bits per heavy atom. The fourth-order valence-corrected chi connectivity index (χ4v) is 3.35. The lowest BCUT2D eigenvalue weighted by Crippen LogP contribution is -2.16. The van der Waals surface area contributed by atoms with Crippen LogP contribution in [-0.2, 0) is 11.2 Å². The molecule has 0 saturated heterocycles. The lowest BCUT2D eigenvalue weighted by atomic mass is 10.1. The van der Waals surface area contributed by atoms with E-state index >= 15 is 0 Å². The van der Waals surface area contributed by atoms with Crippen LogP contribution in [0.3, 0.4) is 0 Å². The van der Waals surface area contributed by atoms with Crippen molar-refractivity contribution in [1.29, 1.82) is 0 Å². The van der Waals surface area contributed by atoms with Gasteiger partial charge in [0.05, 0.1) is 18.3 Å². The molecule has 0 fully saturated rings. The largest absolute Gasteiger partial charge is 0.508 e. The number of phenolic OH excluding ortho intramolecular Hbond substituents is 1. The van der Waals surface area contributed by atoms with Crippen LogP contribution in [0.4, 0.5) is 5.82 Å². The van der Waals surface area contributed by atoms with Crippen molar-refractivity contribution in [2.24, 2.45) is 0 Å². The molecule has 0 aliphatic rings. The van der Waals surface area contributed by atoms with Gasteiger partial charge in [0.15, 0.2) is 5.82 Å². The van der Waals surface area contributed by atoms with Crippen LogP contribution in [-0.4, -0.2) is 21.0 Å². The second kappa shape index (κ2) is 10.0. The molecule has 0 atom stereocenters. The average Bonchev–Trinajstić information content (AvgIpc) is 2.81. The summed E-state index contributed by atoms with van der Waals surface area (Å²) in [6.45, 7) is 0. The van der Waals surface area contributed by atoms with E-state index in [-0.39, 0.29) is 18.1 Å². The summed E-state index contributed by atoms with van der Waals surface area (Å²) in [5.41, 5.74) is 3.92. The van der Waals surface area contributed by atoms with E-state index in [0.717, 1.165) is 21.2 Å². The zero-order valence-electron chi connectivity index (χ0n) is 17.1. The number of aromatic nitrogens is 2. The first-order valence-electron chi connectivity index (χ1n) is 10.0. The lowest BCUT2D eigenvalue weighted by Gasteiger charge is -2.10. The summed E-state index contributed by atoms with van der Waals surface area (Å²) >= 11 is 3.40. The Bertz CT molecular complexity index is 1240. The van der Waals surface area contributed by atoms with Crippen molar-refractivity contribution in [2.45, 2.75) is 6.42 Å². The Labute approximate surface area is 194 Å². The van der Waals surface area contributed by atoms with Crippen LogP contribution in [0.25, 0.3) is 23.4 Å². The molecule has 4 rings (SSSR count). The molecule has 0 aliphatic carbocycles. The van der Waals surface area contributed by atoms with Crippen LogP contribution in [0.5, 0.6) is 5.75 Å². The van der Waals surface area contributed by atoms with Gasteiger partial charge >= 0.3 is 0 Å². The molecule has 3 aromatic carbocycles. The highest BCUT2D eigenvalue weighted by Crippen LogP contribution is 2.23. The summed E-state index contributed by atoms with van der Waals surface area (Å²) in [5, 5.41) is 12.4. The number of nitrogens with zero attached hydrogens (tertiary/aromatic N) is 2. The molecule has 4 aromatic rings. The van der Waals surface area contributed by atoms with Crippen LogP contribution in [0.2, 0.25) is 0 Å². The fraction of sp³-hybridized carbons (Fsp3) is 0.0385. The minimum absolute atomic E-state index is 0.173. The van der Waals surface area contributed by atoms with Crippen LogP contribution in [0, 0.1) is 0 Å².